The molecule has 2 rings (SSSR count). The molecule has 112 valence electrons. The van der Waals surface area contributed by atoms with Crippen LogP contribution in [0.1, 0.15) is 24.1 Å². The fraction of sp³-hybridized carbons (Fsp3) is 0.294. The van der Waals surface area contributed by atoms with E-state index in [9.17, 15) is 0 Å². The van der Waals surface area contributed by atoms with Crippen LogP contribution >= 0.6 is 0 Å². The van der Waals surface area contributed by atoms with Gasteiger partial charge in [-0.2, -0.15) is 0 Å². The first-order valence-corrected chi connectivity index (χ1v) is 6.89. The van der Waals surface area contributed by atoms with Crippen LogP contribution in [-0.2, 0) is 0 Å². The number of benzene rings is 2. The van der Waals surface area contributed by atoms with E-state index in [1.807, 2.05) is 6.07 Å². The molecule has 3 N–H and O–H groups in total. The van der Waals surface area contributed by atoms with E-state index >= 15 is 0 Å². The molecule has 0 radical (unpaired) electrons. The number of aryl methyl sites for hydroxylation is 1. The van der Waals surface area contributed by atoms with E-state index in [0.29, 0.717) is 17.2 Å². The lowest BCUT2D eigenvalue weighted by Gasteiger charge is -2.19. The number of rotatable bonds is 5. The smallest absolute Gasteiger partial charge is 0.162 e. The first-order valence-electron chi connectivity index (χ1n) is 6.89. The van der Waals surface area contributed by atoms with Crippen molar-refractivity contribution in [2.45, 2.75) is 19.9 Å². The molecule has 0 saturated carbocycles. The second-order valence-electron chi connectivity index (χ2n) is 5.07. The largest absolute Gasteiger partial charge is 0.493 e. The fourth-order valence-corrected chi connectivity index (χ4v) is 2.19. The monoisotopic (exact) mass is 286 g/mol. The Bertz CT molecular complexity index is 609. The van der Waals surface area contributed by atoms with Crippen LogP contribution in [0, 0.1) is 6.92 Å². The van der Waals surface area contributed by atoms with Crippen molar-refractivity contribution in [2.75, 3.05) is 25.3 Å². The van der Waals surface area contributed by atoms with Crippen LogP contribution in [-0.4, -0.2) is 14.2 Å². The van der Waals surface area contributed by atoms with Gasteiger partial charge < -0.3 is 20.5 Å². The lowest BCUT2D eigenvalue weighted by atomic mass is 10.1. The Labute approximate surface area is 125 Å². The summed E-state index contributed by atoms with van der Waals surface area (Å²) in [7, 11) is 3.21. The number of nitrogen functional groups attached to an aromatic ring is 1. The van der Waals surface area contributed by atoms with E-state index < -0.39 is 0 Å². The zero-order chi connectivity index (χ0) is 15.4. The number of methoxy groups -OCH3 is 2. The average Bonchev–Trinajstić information content (AvgIpc) is 2.49. The highest BCUT2D eigenvalue weighted by Gasteiger charge is 2.12. The molecule has 4 heteroatoms. The zero-order valence-electron chi connectivity index (χ0n) is 12.9. The third-order valence-corrected chi connectivity index (χ3v) is 3.51. The van der Waals surface area contributed by atoms with Gasteiger partial charge in [0.15, 0.2) is 11.5 Å². The third-order valence-electron chi connectivity index (χ3n) is 3.51. The van der Waals surface area contributed by atoms with Crippen LogP contribution in [0.15, 0.2) is 36.4 Å². The van der Waals surface area contributed by atoms with Gasteiger partial charge in [-0.3, -0.25) is 0 Å². The van der Waals surface area contributed by atoms with Crippen molar-refractivity contribution in [1.29, 1.82) is 0 Å². The standard InChI is InChI=1S/C17H22N2O2/c1-11-5-7-13(8-6-11)12(2)19-15-10-17(21-4)16(20-3)9-14(15)18/h5-10,12,19H,18H2,1-4H3. The van der Waals surface area contributed by atoms with Gasteiger partial charge in [-0.05, 0) is 19.4 Å². The highest BCUT2D eigenvalue weighted by atomic mass is 16.5. The third kappa shape index (κ3) is 3.40. The molecule has 0 amide bonds. The minimum absolute atomic E-state index is 0.144. The first-order chi connectivity index (χ1) is 10.0. The van der Waals surface area contributed by atoms with Gasteiger partial charge in [-0.1, -0.05) is 29.8 Å². The van der Waals surface area contributed by atoms with Gasteiger partial charge in [0.2, 0.25) is 0 Å². The summed E-state index contributed by atoms with van der Waals surface area (Å²) < 4.78 is 10.6. The number of ether oxygens (including phenoxy) is 2. The van der Waals surface area contributed by atoms with Gasteiger partial charge in [0, 0.05) is 18.2 Å². The molecule has 0 aromatic heterocycles. The second kappa shape index (κ2) is 6.39. The van der Waals surface area contributed by atoms with Crippen LogP contribution in [0.4, 0.5) is 11.4 Å². The Morgan fingerprint density at radius 3 is 2.14 bits per heavy atom. The van der Waals surface area contributed by atoms with Gasteiger partial charge in [0.25, 0.3) is 0 Å². The number of hydrogen-bond donors (Lipinski definition) is 2. The molecule has 0 heterocycles. The maximum Gasteiger partial charge on any atom is 0.162 e. The summed E-state index contributed by atoms with van der Waals surface area (Å²) in [5.41, 5.74) is 9.99. The summed E-state index contributed by atoms with van der Waals surface area (Å²) in [5.74, 6) is 1.29. The van der Waals surface area contributed by atoms with Crippen molar-refractivity contribution in [3.05, 3.63) is 47.5 Å². The second-order valence-corrected chi connectivity index (χ2v) is 5.07. The Balaban J connectivity index is 2.24. The quantitative estimate of drug-likeness (QED) is 0.822. The normalized spacial score (nSPS) is 11.8. The van der Waals surface area contributed by atoms with Gasteiger partial charge in [0.1, 0.15) is 0 Å². The first kappa shape index (κ1) is 15.0. The Morgan fingerprint density at radius 1 is 1.00 bits per heavy atom. The van der Waals surface area contributed by atoms with Crippen molar-refractivity contribution in [3.63, 3.8) is 0 Å². The maximum atomic E-state index is 6.07. The summed E-state index contributed by atoms with van der Waals surface area (Å²) in [6.07, 6.45) is 0. The molecule has 0 saturated heterocycles. The van der Waals surface area contributed by atoms with Crippen LogP contribution in [0.5, 0.6) is 11.5 Å². The van der Waals surface area contributed by atoms with Gasteiger partial charge in [-0.15, -0.1) is 0 Å². The summed E-state index contributed by atoms with van der Waals surface area (Å²) in [4.78, 5) is 0. The number of nitrogens with two attached hydrogens (primary N) is 1. The van der Waals surface area contributed by atoms with E-state index in [-0.39, 0.29) is 6.04 Å². The van der Waals surface area contributed by atoms with E-state index in [2.05, 4.69) is 43.4 Å². The van der Waals surface area contributed by atoms with E-state index in [0.717, 1.165) is 5.69 Å². The SMILES string of the molecule is COc1cc(N)c(NC(C)c2ccc(C)cc2)cc1OC. The average molecular weight is 286 g/mol. The van der Waals surface area contributed by atoms with Crippen molar-refractivity contribution in [2.24, 2.45) is 0 Å². The van der Waals surface area contributed by atoms with Crippen LogP contribution in [0.2, 0.25) is 0 Å². The maximum absolute atomic E-state index is 6.07. The minimum Gasteiger partial charge on any atom is -0.493 e. The summed E-state index contributed by atoms with van der Waals surface area (Å²) >= 11 is 0. The Hall–Kier alpha value is -2.36. The van der Waals surface area contributed by atoms with Crippen LogP contribution in [0.25, 0.3) is 0 Å². The molecule has 0 aliphatic heterocycles. The summed E-state index contributed by atoms with van der Waals surface area (Å²) in [6.45, 7) is 4.18. The summed E-state index contributed by atoms with van der Waals surface area (Å²) in [5, 5.41) is 3.41. The predicted molar refractivity (Wildman–Crippen MR) is 87.2 cm³/mol. The van der Waals surface area contributed by atoms with E-state index in [1.165, 1.54) is 11.1 Å². The molecule has 0 aliphatic rings. The number of hydrogen-bond acceptors (Lipinski definition) is 4. The number of anilines is 2. The van der Waals surface area contributed by atoms with Gasteiger partial charge >= 0.3 is 0 Å². The molecule has 1 unspecified atom stereocenters. The van der Waals surface area contributed by atoms with Gasteiger partial charge in [-0.25, -0.2) is 0 Å². The van der Waals surface area contributed by atoms with Crippen LogP contribution in [0.3, 0.4) is 0 Å². The topological polar surface area (TPSA) is 56.5 Å². The molecular formula is C17H22N2O2. The summed E-state index contributed by atoms with van der Waals surface area (Å²) in [6, 6.07) is 12.2. The van der Waals surface area contributed by atoms with Crippen molar-refractivity contribution < 1.29 is 9.47 Å². The number of nitrogens with one attached hydrogen (secondary N) is 1. The van der Waals surface area contributed by atoms with Crippen LogP contribution < -0.4 is 20.5 Å². The molecule has 2 aromatic rings. The molecule has 0 aliphatic carbocycles. The predicted octanol–water partition coefficient (Wildman–Crippen LogP) is 3.77. The van der Waals surface area contributed by atoms with Crippen molar-refractivity contribution in [1.82, 2.24) is 0 Å². The van der Waals surface area contributed by atoms with Crippen molar-refractivity contribution >= 4 is 11.4 Å². The molecule has 21 heavy (non-hydrogen) atoms. The molecule has 4 nitrogen and oxygen atoms in total. The Morgan fingerprint density at radius 2 is 1.57 bits per heavy atom. The highest BCUT2D eigenvalue weighted by Crippen LogP contribution is 2.36. The zero-order valence-corrected chi connectivity index (χ0v) is 12.9. The molecular weight excluding hydrogens is 264 g/mol. The minimum atomic E-state index is 0.144. The van der Waals surface area contributed by atoms with E-state index in [1.54, 1.807) is 20.3 Å². The lowest BCUT2D eigenvalue weighted by Crippen LogP contribution is -2.09. The van der Waals surface area contributed by atoms with Gasteiger partial charge in [0.05, 0.1) is 25.6 Å². The molecule has 1 atom stereocenters. The highest BCUT2D eigenvalue weighted by molar-refractivity contribution is 5.72. The molecule has 0 bridgehead atoms. The van der Waals surface area contributed by atoms with E-state index in [4.69, 9.17) is 15.2 Å². The molecule has 0 fully saturated rings. The lowest BCUT2D eigenvalue weighted by molar-refractivity contribution is 0.355. The molecule has 0 spiro atoms. The molecule has 2 aromatic carbocycles. The van der Waals surface area contributed by atoms with Crippen molar-refractivity contribution in [3.8, 4) is 11.5 Å². The fourth-order valence-electron chi connectivity index (χ4n) is 2.19. The Kier molecular flexibility index (Phi) is 4.58.